The first-order valence-corrected chi connectivity index (χ1v) is 6.75. The lowest BCUT2D eigenvalue weighted by atomic mass is 9.92. The van der Waals surface area contributed by atoms with Gasteiger partial charge in [-0.05, 0) is 54.7 Å². The van der Waals surface area contributed by atoms with Crippen LogP contribution in [0.4, 0.5) is 0 Å². The SMILES string of the molecule is COC(=O)/C(C#N)=C\c1c(C)cc(C)c(COC(C)=O)c1C. The van der Waals surface area contributed by atoms with E-state index in [0.717, 1.165) is 27.8 Å². The second-order valence-electron chi connectivity index (χ2n) is 4.97. The van der Waals surface area contributed by atoms with Crippen LogP contribution in [0, 0.1) is 32.1 Å². The summed E-state index contributed by atoms with van der Waals surface area (Å²) in [6.45, 7) is 7.21. The molecular weight excluding hydrogens is 282 g/mol. The average Bonchev–Trinajstić information content (AvgIpc) is 2.45. The highest BCUT2D eigenvalue weighted by atomic mass is 16.5. The van der Waals surface area contributed by atoms with E-state index < -0.39 is 5.97 Å². The zero-order valence-electron chi connectivity index (χ0n) is 13.4. The fourth-order valence-electron chi connectivity index (χ4n) is 2.25. The van der Waals surface area contributed by atoms with Gasteiger partial charge in [-0.3, -0.25) is 4.79 Å². The summed E-state index contributed by atoms with van der Waals surface area (Å²) >= 11 is 0. The lowest BCUT2D eigenvalue weighted by Gasteiger charge is -2.15. The van der Waals surface area contributed by atoms with Crippen molar-refractivity contribution < 1.29 is 19.1 Å². The number of nitriles is 1. The number of esters is 2. The second-order valence-corrected chi connectivity index (χ2v) is 4.97. The maximum absolute atomic E-state index is 11.6. The van der Waals surface area contributed by atoms with Crippen molar-refractivity contribution in [1.82, 2.24) is 0 Å². The molecule has 0 aliphatic carbocycles. The smallest absolute Gasteiger partial charge is 0.348 e. The molecule has 5 heteroatoms. The molecule has 5 nitrogen and oxygen atoms in total. The molecule has 0 radical (unpaired) electrons. The third kappa shape index (κ3) is 3.95. The van der Waals surface area contributed by atoms with Gasteiger partial charge < -0.3 is 9.47 Å². The van der Waals surface area contributed by atoms with E-state index in [-0.39, 0.29) is 18.1 Å². The Morgan fingerprint density at radius 1 is 1.27 bits per heavy atom. The number of ether oxygens (including phenoxy) is 2. The van der Waals surface area contributed by atoms with Gasteiger partial charge >= 0.3 is 11.9 Å². The number of benzene rings is 1. The van der Waals surface area contributed by atoms with Gasteiger partial charge in [0.1, 0.15) is 18.2 Å². The maximum Gasteiger partial charge on any atom is 0.348 e. The minimum atomic E-state index is -0.677. The van der Waals surface area contributed by atoms with Gasteiger partial charge in [0.2, 0.25) is 0 Å². The summed E-state index contributed by atoms with van der Waals surface area (Å²) in [6.07, 6.45) is 1.51. The fraction of sp³-hybridized carbons (Fsp3) is 0.353. The summed E-state index contributed by atoms with van der Waals surface area (Å²) in [5, 5.41) is 9.08. The Labute approximate surface area is 130 Å². The summed E-state index contributed by atoms with van der Waals surface area (Å²) in [5.41, 5.74) is 4.35. The number of aryl methyl sites for hydroxylation is 2. The van der Waals surface area contributed by atoms with E-state index in [1.54, 1.807) is 0 Å². The van der Waals surface area contributed by atoms with Crippen molar-refractivity contribution in [3.05, 3.63) is 39.5 Å². The van der Waals surface area contributed by atoms with Crippen LogP contribution in [0.25, 0.3) is 6.08 Å². The van der Waals surface area contributed by atoms with Gasteiger partial charge in [0.15, 0.2) is 0 Å². The number of hydrogen-bond donors (Lipinski definition) is 0. The lowest BCUT2D eigenvalue weighted by Crippen LogP contribution is -2.06. The number of hydrogen-bond acceptors (Lipinski definition) is 5. The second kappa shape index (κ2) is 7.41. The number of carbonyl (C=O) groups excluding carboxylic acids is 2. The number of methoxy groups -OCH3 is 1. The Hall–Kier alpha value is -2.61. The van der Waals surface area contributed by atoms with E-state index in [0.29, 0.717) is 0 Å². The zero-order chi connectivity index (χ0) is 16.9. The molecule has 0 N–H and O–H groups in total. The molecule has 0 fully saturated rings. The van der Waals surface area contributed by atoms with E-state index >= 15 is 0 Å². The minimum absolute atomic E-state index is 0.0732. The monoisotopic (exact) mass is 301 g/mol. The molecule has 0 aliphatic rings. The van der Waals surface area contributed by atoms with Crippen molar-refractivity contribution in [2.24, 2.45) is 0 Å². The molecule has 0 amide bonds. The van der Waals surface area contributed by atoms with Crippen LogP contribution in [0.1, 0.15) is 34.7 Å². The molecule has 1 aromatic rings. The molecule has 116 valence electrons. The van der Waals surface area contributed by atoms with Crippen LogP contribution in [-0.4, -0.2) is 19.0 Å². The Kier molecular flexibility index (Phi) is 5.88. The van der Waals surface area contributed by atoms with Crippen LogP contribution >= 0.6 is 0 Å². The van der Waals surface area contributed by atoms with Crippen molar-refractivity contribution in [2.75, 3.05) is 7.11 Å². The van der Waals surface area contributed by atoms with Crippen molar-refractivity contribution in [3.63, 3.8) is 0 Å². The van der Waals surface area contributed by atoms with Crippen LogP contribution in [0.5, 0.6) is 0 Å². The zero-order valence-corrected chi connectivity index (χ0v) is 13.4. The maximum atomic E-state index is 11.6. The summed E-state index contributed by atoms with van der Waals surface area (Å²) in [7, 11) is 1.23. The van der Waals surface area contributed by atoms with Crippen molar-refractivity contribution in [1.29, 1.82) is 5.26 Å². The largest absolute Gasteiger partial charge is 0.465 e. The van der Waals surface area contributed by atoms with Crippen LogP contribution in [0.3, 0.4) is 0 Å². The van der Waals surface area contributed by atoms with E-state index in [1.807, 2.05) is 32.9 Å². The number of carbonyl (C=O) groups is 2. The molecule has 0 unspecified atom stereocenters. The molecule has 0 aliphatic heterocycles. The molecule has 0 saturated carbocycles. The minimum Gasteiger partial charge on any atom is -0.465 e. The quantitative estimate of drug-likeness (QED) is 0.485. The van der Waals surface area contributed by atoms with Crippen LogP contribution in [0.15, 0.2) is 11.6 Å². The van der Waals surface area contributed by atoms with Crippen LogP contribution in [0.2, 0.25) is 0 Å². The normalized spacial score (nSPS) is 10.8. The average molecular weight is 301 g/mol. The van der Waals surface area contributed by atoms with Gasteiger partial charge in [0.05, 0.1) is 7.11 Å². The summed E-state index contributed by atoms with van der Waals surface area (Å²) in [6, 6.07) is 3.78. The van der Waals surface area contributed by atoms with Gasteiger partial charge in [-0.25, -0.2) is 4.79 Å². The van der Waals surface area contributed by atoms with Crippen molar-refractivity contribution >= 4 is 18.0 Å². The van der Waals surface area contributed by atoms with E-state index in [9.17, 15) is 9.59 Å². The lowest BCUT2D eigenvalue weighted by molar-refractivity contribution is -0.142. The van der Waals surface area contributed by atoms with Gasteiger partial charge in [0.25, 0.3) is 0 Å². The number of rotatable bonds is 4. The molecule has 0 saturated heterocycles. The predicted octanol–water partition coefficient (Wildman–Crippen LogP) is 2.75. The Morgan fingerprint density at radius 3 is 2.41 bits per heavy atom. The Bertz CT molecular complexity index is 681. The van der Waals surface area contributed by atoms with Crippen molar-refractivity contribution in [2.45, 2.75) is 34.3 Å². The third-order valence-electron chi connectivity index (χ3n) is 3.42. The highest BCUT2D eigenvalue weighted by Gasteiger charge is 2.14. The van der Waals surface area contributed by atoms with Crippen molar-refractivity contribution in [3.8, 4) is 6.07 Å². The molecule has 0 heterocycles. The highest BCUT2D eigenvalue weighted by Crippen LogP contribution is 2.25. The summed E-state index contributed by atoms with van der Waals surface area (Å²) < 4.78 is 9.66. The first-order chi connectivity index (χ1) is 10.3. The highest BCUT2D eigenvalue weighted by molar-refractivity contribution is 5.98. The van der Waals surface area contributed by atoms with Gasteiger partial charge in [-0.1, -0.05) is 6.07 Å². The standard InChI is InChI=1S/C17H19NO4/c1-10-6-11(2)16(9-22-13(4)19)12(3)15(10)7-14(8-18)17(20)21-5/h6-7H,9H2,1-5H3/b14-7-. The number of nitrogens with zero attached hydrogens (tertiary/aromatic N) is 1. The van der Waals surface area contributed by atoms with Gasteiger partial charge in [-0.2, -0.15) is 5.26 Å². The fourth-order valence-corrected chi connectivity index (χ4v) is 2.25. The molecular formula is C17H19NO4. The van der Waals surface area contributed by atoms with Gasteiger partial charge in [0, 0.05) is 6.92 Å². The Balaban J connectivity index is 3.40. The summed E-state index contributed by atoms with van der Waals surface area (Å²) in [4.78, 5) is 22.6. The van der Waals surface area contributed by atoms with Crippen LogP contribution < -0.4 is 0 Å². The topological polar surface area (TPSA) is 76.4 Å². The summed E-state index contributed by atoms with van der Waals surface area (Å²) in [5.74, 6) is -1.04. The molecule has 0 spiro atoms. The van der Waals surface area contributed by atoms with E-state index in [1.165, 1.54) is 20.1 Å². The molecule has 1 aromatic carbocycles. The van der Waals surface area contributed by atoms with Gasteiger partial charge in [-0.15, -0.1) is 0 Å². The first kappa shape index (κ1) is 17.4. The van der Waals surface area contributed by atoms with Crippen LogP contribution in [-0.2, 0) is 25.7 Å². The predicted molar refractivity (Wildman–Crippen MR) is 81.7 cm³/mol. The Morgan fingerprint density at radius 2 is 1.91 bits per heavy atom. The molecule has 1 rings (SSSR count). The third-order valence-corrected chi connectivity index (χ3v) is 3.42. The first-order valence-electron chi connectivity index (χ1n) is 6.75. The molecule has 0 bridgehead atoms. The molecule has 0 atom stereocenters. The van der Waals surface area contributed by atoms with E-state index in [4.69, 9.17) is 10.00 Å². The molecule has 22 heavy (non-hydrogen) atoms. The molecule has 0 aromatic heterocycles. The van der Waals surface area contributed by atoms with E-state index in [2.05, 4.69) is 4.74 Å².